The summed E-state index contributed by atoms with van der Waals surface area (Å²) in [5.41, 5.74) is 0.388. The number of sulfone groups is 1. The highest BCUT2D eigenvalue weighted by molar-refractivity contribution is 7.90. The number of benzene rings is 1. The lowest BCUT2D eigenvalue weighted by molar-refractivity contribution is -0.387. The molecule has 1 heterocycles. The van der Waals surface area contributed by atoms with Crippen molar-refractivity contribution in [2.45, 2.75) is 43.5 Å². The SMILES string of the molecule is CC1CCC(N2CCN(c3ccc([N+](=O)[O-])c(S(C)(=O)=O)c3)CC2)CC1. The molecule has 1 aliphatic heterocycles. The van der Waals surface area contributed by atoms with E-state index in [0.29, 0.717) is 6.04 Å². The van der Waals surface area contributed by atoms with Crippen LogP contribution in [0.15, 0.2) is 23.1 Å². The molecule has 8 heteroatoms. The van der Waals surface area contributed by atoms with E-state index < -0.39 is 14.8 Å². The first-order chi connectivity index (χ1) is 12.3. The number of rotatable bonds is 4. The van der Waals surface area contributed by atoms with Crippen LogP contribution in [0.1, 0.15) is 32.6 Å². The van der Waals surface area contributed by atoms with Gasteiger partial charge in [0.1, 0.15) is 4.90 Å². The standard InChI is InChI=1S/C18H27N3O4S/c1-14-3-5-15(6-4-14)19-9-11-20(12-10-19)16-7-8-17(21(22)23)18(13-16)26(2,24)25/h7-8,13-15H,3-6,9-12H2,1-2H3. The first kappa shape index (κ1) is 19.1. The van der Waals surface area contributed by atoms with Crippen LogP contribution in [0.2, 0.25) is 0 Å². The maximum atomic E-state index is 11.9. The largest absolute Gasteiger partial charge is 0.369 e. The molecule has 2 aliphatic rings. The summed E-state index contributed by atoms with van der Waals surface area (Å²) in [5.74, 6) is 0.835. The molecule has 7 nitrogen and oxygen atoms in total. The number of anilines is 1. The van der Waals surface area contributed by atoms with Gasteiger partial charge in [-0.2, -0.15) is 0 Å². The first-order valence-corrected chi connectivity index (χ1v) is 11.1. The Morgan fingerprint density at radius 2 is 1.69 bits per heavy atom. The van der Waals surface area contributed by atoms with Gasteiger partial charge in [0.2, 0.25) is 0 Å². The molecular formula is C18H27N3O4S. The number of nitro groups is 1. The van der Waals surface area contributed by atoms with E-state index in [1.807, 2.05) is 0 Å². The van der Waals surface area contributed by atoms with Crippen LogP contribution in [-0.2, 0) is 9.84 Å². The molecule has 2 fully saturated rings. The van der Waals surface area contributed by atoms with E-state index in [0.717, 1.165) is 44.0 Å². The van der Waals surface area contributed by atoms with Crippen molar-refractivity contribution in [1.29, 1.82) is 0 Å². The third-order valence-electron chi connectivity index (χ3n) is 5.72. The fourth-order valence-corrected chi connectivity index (χ4v) is 4.96. The summed E-state index contributed by atoms with van der Waals surface area (Å²) in [6.07, 6.45) is 6.13. The summed E-state index contributed by atoms with van der Waals surface area (Å²) in [6, 6.07) is 5.08. The van der Waals surface area contributed by atoms with Crippen LogP contribution >= 0.6 is 0 Å². The Morgan fingerprint density at radius 3 is 2.23 bits per heavy atom. The Hall–Kier alpha value is -1.67. The first-order valence-electron chi connectivity index (χ1n) is 9.23. The smallest absolute Gasteiger partial charge is 0.288 e. The fraction of sp³-hybridized carbons (Fsp3) is 0.667. The van der Waals surface area contributed by atoms with Gasteiger partial charge in [-0.25, -0.2) is 8.42 Å². The second kappa shape index (κ2) is 7.52. The molecule has 144 valence electrons. The fourth-order valence-electron chi connectivity index (χ4n) is 4.10. The Bertz CT molecular complexity index is 765. The molecular weight excluding hydrogens is 354 g/mol. The van der Waals surface area contributed by atoms with E-state index in [-0.39, 0.29) is 10.6 Å². The summed E-state index contributed by atoms with van der Waals surface area (Å²) in [6.45, 7) is 5.84. The van der Waals surface area contributed by atoms with Gasteiger partial charge in [-0.1, -0.05) is 6.92 Å². The average Bonchev–Trinajstić information content (AvgIpc) is 2.61. The van der Waals surface area contributed by atoms with Gasteiger partial charge in [-0.15, -0.1) is 0 Å². The highest BCUT2D eigenvalue weighted by atomic mass is 32.2. The monoisotopic (exact) mass is 381 g/mol. The minimum atomic E-state index is -3.65. The molecule has 0 bridgehead atoms. The normalized spacial score (nSPS) is 25.2. The molecule has 0 atom stereocenters. The zero-order chi connectivity index (χ0) is 18.9. The van der Waals surface area contributed by atoms with Crippen LogP contribution in [0.5, 0.6) is 0 Å². The van der Waals surface area contributed by atoms with Crippen LogP contribution in [0, 0.1) is 16.0 Å². The maximum absolute atomic E-state index is 11.9. The predicted octanol–water partition coefficient (Wildman–Crippen LogP) is 2.70. The van der Waals surface area contributed by atoms with Crippen molar-refractivity contribution in [3.63, 3.8) is 0 Å². The van der Waals surface area contributed by atoms with Gasteiger partial charge in [0.15, 0.2) is 9.84 Å². The van der Waals surface area contributed by atoms with E-state index in [1.54, 1.807) is 6.07 Å². The topological polar surface area (TPSA) is 83.8 Å². The molecule has 26 heavy (non-hydrogen) atoms. The molecule has 0 amide bonds. The Morgan fingerprint density at radius 1 is 1.08 bits per heavy atom. The van der Waals surface area contributed by atoms with Gasteiger partial charge in [0.25, 0.3) is 5.69 Å². The summed E-state index contributed by atoms with van der Waals surface area (Å²) < 4.78 is 23.9. The molecule has 1 aliphatic carbocycles. The van der Waals surface area contributed by atoms with Gasteiger partial charge in [-0.3, -0.25) is 15.0 Å². The van der Waals surface area contributed by atoms with Gasteiger partial charge < -0.3 is 4.90 Å². The summed E-state index contributed by atoms with van der Waals surface area (Å²) >= 11 is 0. The van der Waals surface area contributed by atoms with E-state index >= 15 is 0 Å². The zero-order valence-electron chi connectivity index (χ0n) is 15.4. The second-order valence-corrected chi connectivity index (χ2v) is 9.60. The van der Waals surface area contributed by atoms with Crippen molar-refractivity contribution in [2.75, 3.05) is 37.3 Å². The Kier molecular flexibility index (Phi) is 5.53. The van der Waals surface area contributed by atoms with Gasteiger partial charge >= 0.3 is 0 Å². The molecule has 3 rings (SSSR count). The highest BCUT2D eigenvalue weighted by Crippen LogP contribution is 2.31. The van der Waals surface area contributed by atoms with Crippen molar-refractivity contribution in [2.24, 2.45) is 5.92 Å². The van der Waals surface area contributed by atoms with E-state index in [9.17, 15) is 18.5 Å². The van der Waals surface area contributed by atoms with Gasteiger partial charge in [0.05, 0.1) is 4.92 Å². The van der Waals surface area contributed by atoms with Gasteiger partial charge in [0, 0.05) is 50.2 Å². The number of hydrogen-bond donors (Lipinski definition) is 0. The number of nitrogens with zero attached hydrogens (tertiary/aromatic N) is 3. The average molecular weight is 381 g/mol. The van der Waals surface area contributed by atoms with Crippen LogP contribution in [-0.4, -0.2) is 56.7 Å². The minimum Gasteiger partial charge on any atom is -0.369 e. The Balaban J connectivity index is 1.70. The Labute approximate surface area is 155 Å². The maximum Gasteiger partial charge on any atom is 0.288 e. The molecule has 0 radical (unpaired) electrons. The van der Waals surface area contributed by atoms with Crippen molar-refractivity contribution in [3.8, 4) is 0 Å². The van der Waals surface area contributed by atoms with Crippen molar-refractivity contribution >= 4 is 21.2 Å². The molecule has 1 aromatic carbocycles. The van der Waals surface area contributed by atoms with E-state index in [4.69, 9.17) is 0 Å². The van der Waals surface area contributed by atoms with Crippen molar-refractivity contribution < 1.29 is 13.3 Å². The third kappa shape index (κ3) is 4.17. The number of piperazine rings is 1. The van der Waals surface area contributed by atoms with Crippen molar-refractivity contribution in [1.82, 2.24) is 4.90 Å². The zero-order valence-corrected chi connectivity index (χ0v) is 16.2. The van der Waals surface area contributed by atoms with E-state index in [1.165, 1.54) is 37.8 Å². The van der Waals surface area contributed by atoms with Crippen LogP contribution in [0.25, 0.3) is 0 Å². The lowest BCUT2D eigenvalue weighted by Crippen LogP contribution is -2.51. The number of nitro benzene ring substituents is 1. The molecule has 0 spiro atoms. The minimum absolute atomic E-state index is 0.205. The third-order valence-corrected chi connectivity index (χ3v) is 6.85. The molecule has 0 N–H and O–H groups in total. The molecule has 0 unspecified atom stereocenters. The lowest BCUT2D eigenvalue weighted by Gasteiger charge is -2.42. The molecule has 1 saturated carbocycles. The van der Waals surface area contributed by atoms with Crippen LogP contribution < -0.4 is 4.90 Å². The summed E-state index contributed by atoms with van der Waals surface area (Å²) in [7, 11) is -3.65. The lowest BCUT2D eigenvalue weighted by atomic mass is 9.86. The summed E-state index contributed by atoms with van der Waals surface area (Å²) in [5, 5.41) is 11.1. The predicted molar refractivity (Wildman–Crippen MR) is 101 cm³/mol. The summed E-state index contributed by atoms with van der Waals surface area (Å²) in [4.78, 5) is 14.9. The molecule has 1 saturated heterocycles. The number of hydrogen-bond acceptors (Lipinski definition) is 6. The molecule has 1 aromatic rings. The second-order valence-electron chi connectivity index (χ2n) is 7.62. The highest BCUT2D eigenvalue weighted by Gasteiger charge is 2.28. The van der Waals surface area contributed by atoms with Gasteiger partial charge in [-0.05, 0) is 43.7 Å². The quantitative estimate of drug-likeness (QED) is 0.589. The van der Waals surface area contributed by atoms with Crippen LogP contribution in [0.3, 0.4) is 0 Å². The van der Waals surface area contributed by atoms with E-state index in [2.05, 4.69) is 16.7 Å². The van der Waals surface area contributed by atoms with Crippen molar-refractivity contribution in [3.05, 3.63) is 28.3 Å². The molecule has 0 aromatic heterocycles. The van der Waals surface area contributed by atoms with Crippen LogP contribution in [0.4, 0.5) is 11.4 Å².